The summed E-state index contributed by atoms with van der Waals surface area (Å²) < 4.78 is 0. The molecule has 1 saturated heterocycles. The highest BCUT2D eigenvalue weighted by molar-refractivity contribution is 7.07. The van der Waals surface area contributed by atoms with Gasteiger partial charge in [-0.3, -0.25) is 14.5 Å². The first-order chi connectivity index (χ1) is 11.7. The van der Waals surface area contributed by atoms with Crippen LogP contribution in [-0.2, 0) is 11.3 Å². The van der Waals surface area contributed by atoms with Crippen molar-refractivity contribution in [3.05, 3.63) is 58.3 Å². The fourth-order valence-electron chi connectivity index (χ4n) is 2.76. The van der Waals surface area contributed by atoms with Gasteiger partial charge in [0.15, 0.2) is 0 Å². The summed E-state index contributed by atoms with van der Waals surface area (Å²) in [6.45, 7) is 4.16. The van der Waals surface area contributed by atoms with Crippen molar-refractivity contribution in [2.75, 3.05) is 32.7 Å². The van der Waals surface area contributed by atoms with Crippen LogP contribution in [0.3, 0.4) is 0 Å². The molecular weight excluding hydrogens is 322 g/mol. The Morgan fingerprint density at radius 3 is 2.46 bits per heavy atom. The van der Waals surface area contributed by atoms with Crippen molar-refractivity contribution < 1.29 is 9.59 Å². The number of piperazine rings is 1. The van der Waals surface area contributed by atoms with Crippen molar-refractivity contribution in [1.82, 2.24) is 15.1 Å². The molecule has 2 aromatic rings. The van der Waals surface area contributed by atoms with Gasteiger partial charge in [0.1, 0.15) is 0 Å². The van der Waals surface area contributed by atoms with E-state index < -0.39 is 0 Å². The van der Waals surface area contributed by atoms with E-state index in [1.807, 2.05) is 23.1 Å². The number of carbonyl (C=O) groups is 2. The summed E-state index contributed by atoms with van der Waals surface area (Å²) in [6.07, 6.45) is 0. The number of benzene rings is 1. The molecule has 2 amide bonds. The molecule has 6 heteroatoms. The van der Waals surface area contributed by atoms with Crippen LogP contribution in [0.15, 0.2) is 47.2 Å². The number of thiophene rings is 1. The second-order valence-corrected chi connectivity index (χ2v) is 6.62. The zero-order valence-corrected chi connectivity index (χ0v) is 14.3. The van der Waals surface area contributed by atoms with Gasteiger partial charge in [-0.1, -0.05) is 18.2 Å². The summed E-state index contributed by atoms with van der Waals surface area (Å²) in [6, 6.07) is 11.1. The maximum atomic E-state index is 12.3. The molecule has 2 heterocycles. The molecule has 0 unspecified atom stereocenters. The molecular formula is C18H21N3O2S. The van der Waals surface area contributed by atoms with Crippen LogP contribution in [0, 0.1) is 0 Å². The average Bonchev–Trinajstić information content (AvgIpc) is 3.14. The quantitative estimate of drug-likeness (QED) is 0.901. The molecule has 3 rings (SSSR count). The third-order valence-electron chi connectivity index (χ3n) is 4.15. The Morgan fingerprint density at radius 1 is 1.04 bits per heavy atom. The van der Waals surface area contributed by atoms with Gasteiger partial charge in [-0.05, 0) is 34.5 Å². The van der Waals surface area contributed by atoms with Crippen molar-refractivity contribution in [2.45, 2.75) is 6.54 Å². The lowest BCUT2D eigenvalue weighted by atomic mass is 10.2. The molecule has 1 N–H and O–H groups in total. The molecule has 0 bridgehead atoms. The van der Waals surface area contributed by atoms with Gasteiger partial charge in [-0.15, -0.1) is 0 Å². The Balaban J connectivity index is 1.41. The van der Waals surface area contributed by atoms with Gasteiger partial charge in [0.2, 0.25) is 5.91 Å². The van der Waals surface area contributed by atoms with Gasteiger partial charge in [-0.25, -0.2) is 0 Å². The van der Waals surface area contributed by atoms with Crippen LogP contribution in [0.2, 0.25) is 0 Å². The van der Waals surface area contributed by atoms with Crippen molar-refractivity contribution in [1.29, 1.82) is 0 Å². The van der Waals surface area contributed by atoms with Crippen LogP contribution >= 0.6 is 11.3 Å². The monoisotopic (exact) mass is 343 g/mol. The number of hydrogen-bond donors (Lipinski definition) is 1. The summed E-state index contributed by atoms with van der Waals surface area (Å²) in [4.78, 5) is 28.4. The van der Waals surface area contributed by atoms with E-state index in [0.29, 0.717) is 18.7 Å². The minimum Gasteiger partial charge on any atom is -0.343 e. The molecule has 126 valence electrons. The summed E-state index contributed by atoms with van der Waals surface area (Å²) in [5.74, 6) is -0.227. The molecule has 0 atom stereocenters. The Labute approximate surface area is 145 Å². The second-order valence-electron chi connectivity index (χ2n) is 5.84. The fourth-order valence-corrected chi connectivity index (χ4v) is 3.42. The number of nitrogens with zero attached hydrogens (tertiary/aromatic N) is 2. The zero-order chi connectivity index (χ0) is 16.8. The van der Waals surface area contributed by atoms with Crippen LogP contribution < -0.4 is 5.32 Å². The maximum absolute atomic E-state index is 12.3. The van der Waals surface area contributed by atoms with Crippen LogP contribution in [0.4, 0.5) is 0 Å². The van der Waals surface area contributed by atoms with E-state index in [2.05, 4.69) is 27.0 Å². The number of carbonyl (C=O) groups excluding carboxylic acids is 2. The molecule has 1 aromatic heterocycles. The van der Waals surface area contributed by atoms with Crippen molar-refractivity contribution >= 4 is 23.2 Å². The van der Waals surface area contributed by atoms with Gasteiger partial charge >= 0.3 is 0 Å². The molecule has 1 fully saturated rings. The third-order valence-corrected chi connectivity index (χ3v) is 4.88. The SMILES string of the molecule is O=C(NCC(=O)N1CCN(Cc2ccsc2)CC1)c1ccccc1. The van der Waals surface area contributed by atoms with Gasteiger partial charge in [-0.2, -0.15) is 11.3 Å². The fraction of sp³-hybridized carbons (Fsp3) is 0.333. The number of amides is 2. The highest BCUT2D eigenvalue weighted by Gasteiger charge is 2.21. The molecule has 0 radical (unpaired) electrons. The molecule has 24 heavy (non-hydrogen) atoms. The average molecular weight is 343 g/mol. The Bertz CT molecular complexity index is 665. The summed E-state index contributed by atoms with van der Waals surface area (Å²) in [5.41, 5.74) is 1.90. The number of hydrogen-bond acceptors (Lipinski definition) is 4. The Kier molecular flexibility index (Phi) is 5.61. The Hall–Kier alpha value is -2.18. The minimum atomic E-state index is -0.208. The summed E-state index contributed by atoms with van der Waals surface area (Å²) in [5, 5.41) is 6.95. The van der Waals surface area contributed by atoms with E-state index in [0.717, 1.165) is 19.6 Å². The molecule has 5 nitrogen and oxygen atoms in total. The first kappa shape index (κ1) is 16.7. The molecule has 1 aromatic carbocycles. The van der Waals surface area contributed by atoms with E-state index >= 15 is 0 Å². The van der Waals surface area contributed by atoms with Crippen LogP contribution in [-0.4, -0.2) is 54.3 Å². The van der Waals surface area contributed by atoms with Gasteiger partial charge in [0.25, 0.3) is 5.91 Å². The van der Waals surface area contributed by atoms with E-state index in [1.54, 1.807) is 23.5 Å². The zero-order valence-electron chi connectivity index (χ0n) is 13.5. The maximum Gasteiger partial charge on any atom is 0.251 e. The highest BCUT2D eigenvalue weighted by atomic mass is 32.1. The van der Waals surface area contributed by atoms with E-state index in [1.165, 1.54) is 5.56 Å². The molecule has 1 aliphatic rings. The van der Waals surface area contributed by atoms with Gasteiger partial charge in [0.05, 0.1) is 6.54 Å². The van der Waals surface area contributed by atoms with Crippen molar-refractivity contribution in [2.24, 2.45) is 0 Å². The van der Waals surface area contributed by atoms with E-state index in [-0.39, 0.29) is 18.4 Å². The molecule has 0 saturated carbocycles. The van der Waals surface area contributed by atoms with Crippen molar-refractivity contribution in [3.63, 3.8) is 0 Å². The largest absolute Gasteiger partial charge is 0.343 e. The normalized spacial score (nSPS) is 15.2. The third kappa shape index (κ3) is 4.43. The number of rotatable bonds is 5. The smallest absolute Gasteiger partial charge is 0.251 e. The first-order valence-electron chi connectivity index (χ1n) is 8.07. The first-order valence-corrected chi connectivity index (χ1v) is 9.01. The predicted octanol–water partition coefficient (Wildman–Crippen LogP) is 1.82. The second kappa shape index (κ2) is 8.08. The van der Waals surface area contributed by atoms with Gasteiger partial charge < -0.3 is 10.2 Å². The molecule has 0 aliphatic carbocycles. The van der Waals surface area contributed by atoms with Gasteiger partial charge in [0, 0.05) is 38.3 Å². The van der Waals surface area contributed by atoms with Crippen LogP contribution in [0.25, 0.3) is 0 Å². The van der Waals surface area contributed by atoms with E-state index in [4.69, 9.17) is 0 Å². The molecule has 0 spiro atoms. The lowest BCUT2D eigenvalue weighted by Gasteiger charge is -2.34. The summed E-state index contributed by atoms with van der Waals surface area (Å²) >= 11 is 1.71. The Morgan fingerprint density at radius 2 is 1.79 bits per heavy atom. The highest BCUT2D eigenvalue weighted by Crippen LogP contribution is 2.11. The predicted molar refractivity (Wildman–Crippen MR) is 95.0 cm³/mol. The lowest BCUT2D eigenvalue weighted by Crippen LogP contribution is -2.50. The lowest BCUT2D eigenvalue weighted by molar-refractivity contribution is -0.131. The molecule has 1 aliphatic heterocycles. The van der Waals surface area contributed by atoms with Crippen LogP contribution in [0.1, 0.15) is 15.9 Å². The van der Waals surface area contributed by atoms with E-state index in [9.17, 15) is 9.59 Å². The topological polar surface area (TPSA) is 52.7 Å². The number of nitrogens with one attached hydrogen (secondary N) is 1. The summed E-state index contributed by atoms with van der Waals surface area (Å²) in [7, 11) is 0. The minimum absolute atomic E-state index is 0.0190. The van der Waals surface area contributed by atoms with Crippen molar-refractivity contribution in [3.8, 4) is 0 Å². The standard InChI is InChI=1S/C18H21N3O2S/c22-17(12-19-18(23)16-4-2-1-3-5-16)21-9-7-20(8-10-21)13-15-6-11-24-14-15/h1-6,11,14H,7-10,12-13H2,(H,19,23). The van der Waals surface area contributed by atoms with Crippen LogP contribution in [0.5, 0.6) is 0 Å².